The summed E-state index contributed by atoms with van der Waals surface area (Å²) in [5, 5.41) is 0.382. The first-order valence-electron chi connectivity index (χ1n) is 4.99. The largest absolute Gasteiger partial charge is 0.490 e. The van der Waals surface area contributed by atoms with Gasteiger partial charge in [-0.05, 0) is 26.0 Å². The van der Waals surface area contributed by atoms with E-state index in [0.717, 1.165) is 0 Å². The van der Waals surface area contributed by atoms with Crippen molar-refractivity contribution in [3.63, 3.8) is 0 Å². The van der Waals surface area contributed by atoms with Crippen molar-refractivity contribution in [2.24, 2.45) is 0 Å². The van der Waals surface area contributed by atoms with E-state index in [2.05, 4.69) is 0 Å². The number of anilines is 1. The normalized spacial score (nSPS) is 9.94. The zero-order valence-corrected chi connectivity index (χ0v) is 10.0. The maximum absolute atomic E-state index is 11.5. The number of carbonyl (C=O) groups excluding carboxylic acids is 1. The van der Waals surface area contributed by atoms with Crippen molar-refractivity contribution in [1.82, 2.24) is 0 Å². The molecular formula is C11H14ClNO3. The summed E-state index contributed by atoms with van der Waals surface area (Å²) >= 11 is 5.90. The quantitative estimate of drug-likeness (QED) is 0.652. The maximum atomic E-state index is 11.5. The van der Waals surface area contributed by atoms with Gasteiger partial charge in [0.2, 0.25) is 0 Å². The van der Waals surface area contributed by atoms with E-state index < -0.39 is 5.97 Å². The average molecular weight is 244 g/mol. The molecule has 0 aliphatic heterocycles. The fourth-order valence-electron chi connectivity index (χ4n) is 1.25. The van der Waals surface area contributed by atoms with E-state index in [-0.39, 0.29) is 11.3 Å². The highest BCUT2D eigenvalue weighted by Crippen LogP contribution is 2.34. The van der Waals surface area contributed by atoms with Gasteiger partial charge in [-0.2, -0.15) is 0 Å². The molecule has 1 aromatic rings. The van der Waals surface area contributed by atoms with E-state index in [4.69, 9.17) is 26.8 Å². The van der Waals surface area contributed by atoms with Gasteiger partial charge in [0.1, 0.15) is 0 Å². The predicted molar refractivity (Wildman–Crippen MR) is 63.0 cm³/mol. The van der Waals surface area contributed by atoms with Crippen molar-refractivity contribution < 1.29 is 14.3 Å². The SMILES string of the molecule is CCOC(=O)c1ccc(Cl)c(OCC)c1N. The molecule has 0 aliphatic rings. The summed E-state index contributed by atoms with van der Waals surface area (Å²) < 4.78 is 10.1. The van der Waals surface area contributed by atoms with E-state index >= 15 is 0 Å². The predicted octanol–water partition coefficient (Wildman–Crippen LogP) is 2.50. The molecule has 0 bridgehead atoms. The van der Waals surface area contributed by atoms with Crippen molar-refractivity contribution in [2.75, 3.05) is 18.9 Å². The highest BCUT2D eigenvalue weighted by molar-refractivity contribution is 6.32. The molecule has 1 aromatic carbocycles. The fraction of sp³-hybridized carbons (Fsp3) is 0.364. The first-order valence-corrected chi connectivity index (χ1v) is 5.37. The number of nitrogens with two attached hydrogens (primary N) is 1. The summed E-state index contributed by atoms with van der Waals surface area (Å²) in [7, 11) is 0. The number of ether oxygens (including phenoxy) is 2. The molecule has 0 saturated heterocycles. The number of esters is 1. The van der Waals surface area contributed by atoms with E-state index in [1.807, 2.05) is 6.92 Å². The molecule has 0 aliphatic carbocycles. The van der Waals surface area contributed by atoms with Crippen molar-refractivity contribution in [2.45, 2.75) is 13.8 Å². The minimum Gasteiger partial charge on any atom is -0.490 e. The molecule has 88 valence electrons. The Hall–Kier alpha value is -1.42. The van der Waals surface area contributed by atoms with Gasteiger partial charge in [-0.25, -0.2) is 4.79 Å². The summed E-state index contributed by atoms with van der Waals surface area (Å²) in [6.45, 7) is 4.27. The minimum atomic E-state index is -0.474. The lowest BCUT2D eigenvalue weighted by atomic mass is 10.1. The molecule has 2 N–H and O–H groups in total. The molecule has 0 aromatic heterocycles. The van der Waals surface area contributed by atoms with Gasteiger partial charge in [-0.15, -0.1) is 0 Å². The van der Waals surface area contributed by atoms with Crippen LogP contribution in [0, 0.1) is 0 Å². The van der Waals surface area contributed by atoms with E-state index in [1.165, 1.54) is 6.07 Å². The van der Waals surface area contributed by atoms with E-state index in [1.54, 1.807) is 13.0 Å². The third kappa shape index (κ3) is 2.58. The van der Waals surface area contributed by atoms with Crippen LogP contribution >= 0.6 is 11.6 Å². The summed E-state index contributed by atoms with van der Waals surface area (Å²) in [6.07, 6.45) is 0. The van der Waals surface area contributed by atoms with Crippen molar-refractivity contribution in [3.8, 4) is 5.75 Å². The Labute approximate surface area is 99.3 Å². The van der Waals surface area contributed by atoms with Crippen LogP contribution in [-0.2, 0) is 4.74 Å². The Morgan fingerprint density at radius 3 is 2.62 bits per heavy atom. The molecule has 0 amide bonds. The molecule has 0 radical (unpaired) electrons. The molecule has 0 atom stereocenters. The van der Waals surface area contributed by atoms with Gasteiger partial charge in [-0.3, -0.25) is 0 Å². The number of rotatable bonds is 4. The number of halogens is 1. The summed E-state index contributed by atoms with van der Waals surface area (Å²) in [4.78, 5) is 11.5. The van der Waals surface area contributed by atoms with Gasteiger partial charge in [0, 0.05) is 0 Å². The molecule has 0 heterocycles. The monoisotopic (exact) mass is 243 g/mol. The van der Waals surface area contributed by atoms with E-state index in [9.17, 15) is 4.79 Å². The Morgan fingerprint density at radius 1 is 1.38 bits per heavy atom. The second-order valence-electron chi connectivity index (χ2n) is 2.99. The van der Waals surface area contributed by atoms with Gasteiger partial charge in [0.05, 0.1) is 29.5 Å². The number of benzene rings is 1. The molecule has 0 unspecified atom stereocenters. The van der Waals surface area contributed by atoms with Gasteiger partial charge in [-0.1, -0.05) is 11.6 Å². The number of hydrogen-bond acceptors (Lipinski definition) is 4. The summed E-state index contributed by atoms with van der Waals surface area (Å²) in [5.41, 5.74) is 6.28. The fourth-order valence-corrected chi connectivity index (χ4v) is 1.47. The second-order valence-corrected chi connectivity index (χ2v) is 3.40. The van der Waals surface area contributed by atoms with E-state index in [0.29, 0.717) is 24.0 Å². The van der Waals surface area contributed by atoms with Crippen molar-refractivity contribution in [3.05, 3.63) is 22.7 Å². The summed E-state index contributed by atoms with van der Waals surface area (Å²) in [5.74, 6) is -0.146. The minimum absolute atomic E-state index is 0.216. The van der Waals surface area contributed by atoms with Crippen LogP contribution in [0.15, 0.2) is 12.1 Å². The Morgan fingerprint density at radius 2 is 2.06 bits per heavy atom. The average Bonchev–Trinajstić information content (AvgIpc) is 2.24. The van der Waals surface area contributed by atoms with Crippen LogP contribution in [0.2, 0.25) is 5.02 Å². The molecular weight excluding hydrogens is 230 g/mol. The van der Waals surface area contributed by atoms with Crippen LogP contribution in [0.4, 0.5) is 5.69 Å². The molecule has 16 heavy (non-hydrogen) atoms. The lowest BCUT2D eigenvalue weighted by Gasteiger charge is -2.12. The number of hydrogen-bond donors (Lipinski definition) is 1. The van der Waals surface area contributed by atoms with Gasteiger partial charge >= 0.3 is 5.97 Å². The molecule has 1 rings (SSSR count). The zero-order valence-electron chi connectivity index (χ0n) is 9.25. The van der Waals surface area contributed by atoms with Crippen LogP contribution in [0.3, 0.4) is 0 Å². The Kier molecular flexibility index (Phi) is 4.43. The van der Waals surface area contributed by atoms with Crippen LogP contribution in [0.5, 0.6) is 5.75 Å². The Bertz CT molecular complexity index is 393. The first-order chi connectivity index (χ1) is 7.61. The lowest BCUT2D eigenvalue weighted by Crippen LogP contribution is -2.09. The molecule has 0 saturated carbocycles. The molecule has 5 heteroatoms. The van der Waals surface area contributed by atoms with Gasteiger partial charge in [0.25, 0.3) is 0 Å². The highest BCUT2D eigenvalue weighted by atomic mass is 35.5. The third-order valence-electron chi connectivity index (χ3n) is 1.93. The van der Waals surface area contributed by atoms with Crippen molar-refractivity contribution >= 4 is 23.3 Å². The van der Waals surface area contributed by atoms with Gasteiger partial charge in [0.15, 0.2) is 5.75 Å². The Balaban J connectivity index is 3.12. The van der Waals surface area contributed by atoms with Crippen LogP contribution in [-0.4, -0.2) is 19.2 Å². The molecule has 4 nitrogen and oxygen atoms in total. The standard InChI is InChI=1S/C11H14ClNO3/c1-3-15-10-8(12)6-5-7(9(10)13)11(14)16-4-2/h5-6H,3-4,13H2,1-2H3. The maximum Gasteiger partial charge on any atom is 0.340 e. The number of nitrogen functional groups attached to an aromatic ring is 1. The second kappa shape index (κ2) is 5.61. The van der Waals surface area contributed by atoms with Crippen LogP contribution in [0.1, 0.15) is 24.2 Å². The van der Waals surface area contributed by atoms with Crippen molar-refractivity contribution in [1.29, 1.82) is 0 Å². The smallest absolute Gasteiger partial charge is 0.340 e. The number of carbonyl (C=O) groups is 1. The topological polar surface area (TPSA) is 61.5 Å². The van der Waals surface area contributed by atoms with Crippen LogP contribution in [0.25, 0.3) is 0 Å². The highest BCUT2D eigenvalue weighted by Gasteiger charge is 2.16. The summed E-state index contributed by atoms with van der Waals surface area (Å²) in [6, 6.07) is 3.09. The molecule has 0 fully saturated rings. The first kappa shape index (κ1) is 12.6. The lowest BCUT2D eigenvalue weighted by molar-refractivity contribution is 0.0527. The third-order valence-corrected chi connectivity index (χ3v) is 2.23. The molecule has 0 spiro atoms. The van der Waals surface area contributed by atoms with Crippen LogP contribution < -0.4 is 10.5 Å². The van der Waals surface area contributed by atoms with Gasteiger partial charge < -0.3 is 15.2 Å². The zero-order chi connectivity index (χ0) is 12.1.